The van der Waals surface area contributed by atoms with Gasteiger partial charge in [0.05, 0.1) is 31.2 Å². The largest absolute Gasteiger partial charge is 0.490 e. The minimum absolute atomic E-state index is 0.0431. The number of hydrogen-bond donors (Lipinski definition) is 0. The van der Waals surface area contributed by atoms with E-state index in [0.29, 0.717) is 30.4 Å². The molecule has 1 heterocycles. The van der Waals surface area contributed by atoms with Gasteiger partial charge < -0.3 is 14.2 Å². The minimum Gasteiger partial charge on any atom is -0.490 e. The summed E-state index contributed by atoms with van der Waals surface area (Å²) >= 11 is 0. The van der Waals surface area contributed by atoms with Crippen molar-refractivity contribution in [2.75, 3.05) is 13.2 Å². The fraction of sp³-hybridized carbons (Fsp3) is 0.440. The van der Waals surface area contributed by atoms with E-state index in [1.165, 1.54) is 6.42 Å². The molecule has 7 nitrogen and oxygen atoms in total. The SMILES string of the molecule is C=CC(=O)OCCCCCOc1cnc(-c2ccc(C(=O)OC3CCCCC3)cc2)nc1. The van der Waals surface area contributed by atoms with Gasteiger partial charge in [0.2, 0.25) is 0 Å². The normalized spacial score (nSPS) is 13.9. The first-order valence-electron chi connectivity index (χ1n) is 11.2. The van der Waals surface area contributed by atoms with Crippen LogP contribution in [0.25, 0.3) is 11.4 Å². The van der Waals surface area contributed by atoms with Crippen molar-refractivity contribution in [3.8, 4) is 17.1 Å². The molecule has 170 valence electrons. The molecule has 1 aliphatic carbocycles. The van der Waals surface area contributed by atoms with Gasteiger partial charge in [0.1, 0.15) is 6.10 Å². The lowest BCUT2D eigenvalue weighted by Gasteiger charge is -2.21. The number of hydrogen-bond acceptors (Lipinski definition) is 7. The molecule has 0 bridgehead atoms. The number of esters is 2. The molecule has 0 spiro atoms. The second kappa shape index (κ2) is 12.6. The van der Waals surface area contributed by atoms with Crippen molar-refractivity contribution in [3.05, 3.63) is 54.9 Å². The van der Waals surface area contributed by atoms with Crippen LogP contribution in [0.15, 0.2) is 49.3 Å². The van der Waals surface area contributed by atoms with Crippen LogP contribution >= 0.6 is 0 Å². The van der Waals surface area contributed by atoms with Gasteiger partial charge in [0.25, 0.3) is 0 Å². The molecule has 0 N–H and O–H groups in total. The highest BCUT2D eigenvalue weighted by Crippen LogP contribution is 2.22. The van der Waals surface area contributed by atoms with Gasteiger partial charge in [-0.2, -0.15) is 0 Å². The number of unbranched alkanes of at least 4 members (excludes halogenated alkanes) is 2. The summed E-state index contributed by atoms with van der Waals surface area (Å²) in [5.74, 6) is 0.493. The molecule has 0 atom stereocenters. The first-order chi connectivity index (χ1) is 15.7. The molecule has 0 aliphatic heterocycles. The summed E-state index contributed by atoms with van der Waals surface area (Å²) in [7, 11) is 0. The second-order valence-corrected chi connectivity index (χ2v) is 7.77. The molecule has 0 radical (unpaired) electrons. The van der Waals surface area contributed by atoms with Crippen LogP contribution in [0.3, 0.4) is 0 Å². The summed E-state index contributed by atoms with van der Waals surface area (Å²) in [5.41, 5.74) is 1.36. The van der Waals surface area contributed by atoms with E-state index >= 15 is 0 Å². The number of carbonyl (C=O) groups excluding carboxylic acids is 2. The average Bonchev–Trinajstić information content (AvgIpc) is 2.84. The van der Waals surface area contributed by atoms with Crippen LogP contribution in [-0.4, -0.2) is 41.2 Å². The first kappa shape index (κ1) is 23.4. The zero-order valence-corrected chi connectivity index (χ0v) is 18.3. The molecule has 2 aromatic rings. The summed E-state index contributed by atoms with van der Waals surface area (Å²) in [5, 5.41) is 0. The van der Waals surface area contributed by atoms with Gasteiger partial charge in [-0.3, -0.25) is 0 Å². The highest BCUT2D eigenvalue weighted by molar-refractivity contribution is 5.90. The summed E-state index contributed by atoms with van der Waals surface area (Å²) < 4.78 is 16.2. The molecule has 1 aromatic carbocycles. The van der Waals surface area contributed by atoms with Crippen molar-refractivity contribution in [2.24, 2.45) is 0 Å². The highest BCUT2D eigenvalue weighted by atomic mass is 16.5. The van der Waals surface area contributed by atoms with Crippen molar-refractivity contribution < 1.29 is 23.8 Å². The van der Waals surface area contributed by atoms with Crippen molar-refractivity contribution in [3.63, 3.8) is 0 Å². The lowest BCUT2D eigenvalue weighted by molar-refractivity contribution is -0.137. The van der Waals surface area contributed by atoms with Gasteiger partial charge in [-0.1, -0.05) is 25.1 Å². The van der Waals surface area contributed by atoms with E-state index < -0.39 is 5.97 Å². The lowest BCUT2D eigenvalue weighted by atomic mass is 9.98. The van der Waals surface area contributed by atoms with Crippen LogP contribution in [0.4, 0.5) is 0 Å². The number of nitrogens with zero attached hydrogens (tertiary/aromatic N) is 2. The lowest BCUT2D eigenvalue weighted by Crippen LogP contribution is -2.20. The molecule has 7 heteroatoms. The Labute approximate surface area is 188 Å². The third-order valence-corrected chi connectivity index (χ3v) is 5.30. The molecule has 0 saturated heterocycles. The van der Waals surface area contributed by atoms with Gasteiger partial charge in [-0.15, -0.1) is 0 Å². The first-order valence-corrected chi connectivity index (χ1v) is 11.2. The topological polar surface area (TPSA) is 87.6 Å². The van der Waals surface area contributed by atoms with E-state index in [1.807, 2.05) is 12.1 Å². The van der Waals surface area contributed by atoms with Gasteiger partial charge >= 0.3 is 11.9 Å². The van der Waals surface area contributed by atoms with E-state index in [0.717, 1.165) is 56.6 Å². The summed E-state index contributed by atoms with van der Waals surface area (Å²) in [6.07, 6.45) is 12.4. The molecule has 1 aromatic heterocycles. The van der Waals surface area contributed by atoms with Gasteiger partial charge in [-0.05, 0) is 57.1 Å². The van der Waals surface area contributed by atoms with Gasteiger partial charge in [-0.25, -0.2) is 19.6 Å². The van der Waals surface area contributed by atoms with Crippen LogP contribution < -0.4 is 4.74 Å². The zero-order chi connectivity index (χ0) is 22.6. The molecule has 1 aliphatic rings. The van der Waals surface area contributed by atoms with E-state index in [2.05, 4.69) is 16.5 Å². The molecular weight excluding hydrogens is 408 g/mol. The van der Waals surface area contributed by atoms with Crippen LogP contribution in [0.5, 0.6) is 5.75 Å². The molecule has 3 rings (SSSR count). The Kier molecular flexibility index (Phi) is 9.22. The van der Waals surface area contributed by atoms with Crippen molar-refractivity contribution in [1.82, 2.24) is 9.97 Å². The van der Waals surface area contributed by atoms with Crippen molar-refractivity contribution in [2.45, 2.75) is 57.5 Å². The number of benzene rings is 1. The van der Waals surface area contributed by atoms with E-state index in [1.54, 1.807) is 24.5 Å². The van der Waals surface area contributed by atoms with Gasteiger partial charge in [0.15, 0.2) is 11.6 Å². The predicted molar refractivity (Wildman–Crippen MR) is 120 cm³/mol. The maximum atomic E-state index is 12.3. The maximum Gasteiger partial charge on any atom is 0.338 e. The third-order valence-electron chi connectivity index (χ3n) is 5.30. The summed E-state index contributed by atoms with van der Waals surface area (Å²) in [6.45, 7) is 4.28. The van der Waals surface area contributed by atoms with Crippen LogP contribution in [0.2, 0.25) is 0 Å². The number of ether oxygens (including phenoxy) is 3. The van der Waals surface area contributed by atoms with Gasteiger partial charge in [0, 0.05) is 11.6 Å². The minimum atomic E-state index is -0.396. The maximum absolute atomic E-state index is 12.3. The van der Waals surface area contributed by atoms with E-state index in [-0.39, 0.29) is 12.1 Å². The van der Waals surface area contributed by atoms with E-state index in [4.69, 9.17) is 14.2 Å². The summed E-state index contributed by atoms with van der Waals surface area (Å²) in [6, 6.07) is 7.15. The van der Waals surface area contributed by atoms with Crippen molar-refractivity contribution >= 4 is 11.9 Å². The Morgan fingerprint density at radius 3 is 2.34 bits per heavy atom. The Hall–Kier alpha value is -3.22. The molecule has 32 heavy (non-hydrogen) atoms. The number of rotatable bonds is 11. The Morgan fingerprint density at radius 1 is 0.969 bits per heavy atom. The third kappa shape index (κ3) is 7.48. The molecule has 0 amide bonds. The Bertz CT molecular complexity index is 874. The van der Waals surface area contributed by atoms with Crippen LogP contribution in [0, 0.1) is 0 Å². The number of aromatic nitrogens is 2. The molecule has 0 unspecified atom stereocenters. The monoisotopic (exact) mass is 438 g/mol. The van der Waals surface area contributed by atoms with Crippen LogP contribution in [-0.2, 0) is 14.3 Å². The smallest absolute Gasteiger partial charge is 0.338 e. The van der Waals surface area contributed by atoms with Crippen molar-refractivity contribution in [1.29, 1.82) is 0 Å². The second-order valence-electron chi connectivity index (χ2n) is 7.77. The Morgan fingerprint density at radius 2 is 1.66 bits per heavy atom. The van der Waals surface area contributed by atoms with E-state index in [9.17, 15) is 9.59 Å². The fourth-order valence-corrected chi connectivity index (χ4v) is 3.50. The molecular formula is C25H30N2O5. The predicted octanol–water partition coefficient (Wildman–Crippen LogP) is 4.91. The number of carbonyl (C=O) groups is 2. The molecule has 1 saturated carbocycles. The average molecular weight is 439 g/mol. The fourth-order valence-electron chi connectivity index (χ4n) is 3.50. The summed E-state index contributed by atoms with van der Waals surface area (Å²) in [4.78, 5) is 32.0. The van der Waals surface area contributed by atoms with Crippen LogP contribution in [0.1, 0.15) is 61.7 Å². The highest BCUT2D eigenvalue weighted by Gasteiger charge is 2.18. The molecule has 1 fully saturated rings. The standard InChI is InChI=1S/C25H30N2O5/c1-2-23(28)31-16-8-4-7-15-30-22-17-26-24(27-18-22)19-11-13-20(14-12-19)25(29)32-21-9-5-3-6-10-21/h2,11-14,17-18,21H,1,3-10,15-16H2. The Balaban J connectivity index is 1.40. The zero-order valence-electron chi connectivity index (χ0n) is 18.3. The quantitative estimate of drug-likeness (QED) is 0.280.